The maximum Gasteiger partial charge on any atom is -1.00 e. The third-order valence-corrected chi connectivity index (χ3v) is 6.44. The minimum absolute atomic E-state index is 0. The summed E-state index contributed by atoms with van der Waals surface area (Å²) in [6.07, 6.45) is 9.80. The molecule has 0 aromatic heterocycles. The second-order valence-electron chi connectivity index (χ2n) is 4.93. The average molecular weight is 333 g/mol. The Morgan fingerprint density at radius 3 is 1.53 bits per heavy atom. The number of allylic oxidation sites excluding steroid dienone is 8. The molecule has 0 bridgehead atoms. The van der Waals surface area contributed by atoms with E-state index in [1.165, 1.54) is 25.7 Å². The molecule has 0 atom stereocenters. The fraction of sp³-hybridized carbons (Fsp3) is 0.500. The van der Waals surface area contributed by atoms with Crippen molar-refractivity contribution in [3.05, 3.63) is 42.2 Å². The van der Waals surface area contributed by atoms with E-state index >= 15 is 0 Å². The van der Waals surface area contributed by atoms with Crippen LogP contribution in [0.5, 0.6) is 0 Å². The van der Waals surface area contributed by atoms with Gasteiger partial charge in [-0.05, 0) is 0 Å². The van der Waals surface area contributed by atoms with Crippen molar-refractivity contribution in [2.45, 2.75) is 53.4 Å². The smallest absolute Gasteiger partial charge is 1.00 e. The minimum Gasteiger partial charge on any atom is -1.00 e. The average Bonchev–Trinajstić information content (AvgIpc) is 2.83. The maximum absolute atomic E-state index is 2.43. The molecule has 0 radical (unpaired) electrons. The maximum atomic E-state index is 2.43. The number of hydrogen-bond acceptors (Lipinski definition) is 0. The van der Waals surface area contributed by atoms with Crippen molar-refractivity contribution >= 4 is 0 Å². The van der Waals surface area contributed by atoms with E-state index in [1.54, 1.807) is 30.0 Å². The molecule has 0 nitrogen and oxygen atoms in total. The van der Waals surface area contributed by atoms with Crippen LogP contribution in [0.3, 0.4) is 0 Å². The van der Waals surface area contributed by atoms with Gasteiger partial charge in [-0.25, -0.2) is 0 Å². The molecule has 0 saturated heterocycles. The van der Waals surface area contributed by atoms with E-state index in [0.29, 0.717) is 0 Å². The largest absolute Gasteiger partial charge is 1.00 e. The molecule has 0 saturated carbocycles. The quantitative estimate of drug-likeness (QED) is 0.586. The van der Waals surface area contributed by atoms with Crippen LogP contribution >= 0.6 is 0 Å². The van der Waals surface area contributed by atoms with Crippen molar-refractivity contribution in [2.75, 3.05) is 0 Å². The summed E-state index contributed by atoms with van der Waals surface area (Å²) in [5.74, 6) is 0. The topological polar surface area (TPSA) is 0 Å². The van der Waals surface area contributed by atoms with Gasteiger partial charge in [-0.15, -0.1) is 0 Å². The summed E-state index contributed by atoms with van der Waals surface area (Å²) in [4.78, 5) is 0. The third-order valence-electron chi connectivity index (χ3n) is 3.91. The third kappa shape index (κ3) is 4.11. The molecule has 0 aliphatic heterocycles. The molecule has 2 aliphatic carbocycles. The van der Waals surface area contributed by atoms with Crippen LogP contribution in [0, 0.1) is 0 Å². The Bertz CT molecular complexity index is 411. The van der Waals surface area contributed by atoms with Gasteiger partial charge < -0.3 is 24.8 Å². The molecule has 0 amide bonds. The van der Waals surface area contributed by atoms with Crippen LogP contribution in [0.1, 0.15) is 53.4 Å². The Labute approximate surface area is 139 Å². The van der Waals surface area contributed by atoms with E-state index in [-0.39, 0.29) is 44.0 Å². The predicted octanol–water partition coefficient (Wildman–Crippen LogP) is -0.895. The predicted molar refractivity (Wildman–Crippen MR) is 71.4 cm³/mol. The summed E-state index contributed by atoms with van der Waals surface area (Å²) < 4.78 is 3.60. The fourth-order valence-electron chi connectivity index (χ4n) is 2.90. The Morgan fingerprint density at radius 2 is 1.21 bits per heavy atom. The van der Waals surface area contributed by atoms with Crippen LogP contribution in [0.2, 0.25) is 0 Å². The zero-order valence-corrected chi connectivity index (χ0v) is 15.3. The Kier molecular flexibility index (Phi) is 8.64. The van der Waals surface area contributed by atoms with E-state index in [9.17, 15) is 0 Å². The van der Waals surface area contributed by atoms with Gasteiger partial charge in [0.2, 0.25) is 0 Å². The summed E-state index contributed by atoms with van der Waals surface area (Å²) in [6.45, 7) is 9.17. The molecule has 3 heteroatoms. The summed E-state index contributed by atoms with van der Waals surface area (Å²) in [7, 11) is 0. The fourth-order valence-corrected chi connectivity index (χ4v) is 5.74. The van der Waals surface area contributed by atoms with Gasteiger partial charge in [0, 0.05) is 0 Å². The van der Waals surface area contributed by atoms with Gasteiger partial charge in [-0.2, -0.15) is 0 Å². The van der Waals surface area contributed by atoms with E-state index < -0.39 is 0 Å². The second kappa shape index (κ2) is 8.52. The van der Waals surface area contributed by atoms with Crippen LogP contribution in [-0.4, -0.2) is 0 Å². The van der Waals surface area contributed by atoms with Crippen LogP contribution in [0.15, 0.2) is 42.2 Å². The van der Waals surface area contributed by atoms with Crippen LogP contribution in [-0.2, 0) is 19.2 Å². The Morgan fingerprint density at radius 1 is 0.842 bits per heavy atom. The van der Waals surface area contributed by atoms with Crippen molar-refractivity contribution < 1.29 is 44.0 Å². The molecule has 2 rings (SSSR count). The first kappa shape index (κ1) is 19.3. The van der Waals surface area contributed by atoms with Gasteiger partial charge in [0.1, 0.15) is 0 Å². The van der Waals surface area contributed by atoms with Crippen molar-refractivity contribution in [3.63, 3.8) is 0 Å². The zero-order chi connectivity index (χ0) is 12.4. The molecule has 2 aliphatic rings. The van der Waals surface area contributed by atoms with Crippen LogP contribution < -0.4 is 24.8 Å². The normalized spacial score (nSPS) is 17.7. The van der Waals surface area contributed by atoms with Crippen LogP contribution in [0.4, 0.5) is 0 Å². The molecule has 0 aromatic carbocycles. The first-order valence-electron chi connectivity index (χ1n) is 6.72. The minimum atomic E-state index is -0.0234. The molecular weight excluding hydrogens is 311 g/mol. The van der Waals surface area contributed by atoms with Gasteiger partial charge in [0.05, 0.1) is 0 Å². The van der Waals surface area contributed by atoms with E-state index in [1.807, 2.05) is 0 Å². The molecule has 0 unspecified atom stereocenters. The van der Waals surface area contributed by atoms with Gasteiger partial charge in [0.25, 0.3) is 0 Å². The SMILES string of the molecule is CCC1=[C]([Ti+2][C]2=C(CC)C(C)=CC2)CC=C1C.[Cl-].[Cl-]. The van der Waals surface area contributed by atoms with Crippen molar-refractivity contribution in [1.82, 2.24) is 0 Å². The van der Waals surface area contributed by atoms with E-state index in [4.69, 9.17) is 0 Å². The van der Waals surface area contributed by atoms with Crippen molar-refractivity contribution in [2.24, 2.45) is 0 Å². The monoisotopic (exact) mass is 332 g/mol. The Hall–Kier alpha value is 0.254. The van der Waals surface area contributed by atoms with Gasteiger partial charge in [-0.1, -0.05) is 0 Å². The number of hydrogen-bond donors (Lipinski definition) is 0. The molecule has 0 N–H and O–H groups in total. The summed E-state index contributed by atoms with van der Waals surface area (Å²) in [5, 5.41) is 0. The molecule has 0 aromatic rings. The number of rotatable bonds is 4. The molecule has 104 valence electrons. The number of halogens is 2. The first-order chi connectivity index (χ1) is 8.17. The van der Waals surface area contributed by atoms with E-state index in [2.05, 4.69) is 39.8 Å². The second-order valence-corrected chi connectivity index (χ2v) is 7.20. The van der Waals surface area contributed by atoms with E-state index in [0.717, 1.165) is 0 Å². The summed E-state index contributed by atoms with van der Waals surface area (Å²) in [5.41, 5.74) is 6.45. The molecule has 0 fully saturated rings. The van der Waals surface area contributed by atoms with Crippen molar-refractivity contribution in [1.29, 1.82) is 0 Å². The molecular formula is C16H22Cl2Ti. The van der Waals surface area contributed by atoms with Crippen molar-refractivity contribution in [3.8, 4) is 0 Å². The first-order valence-corrected chi connectivity index (χ1v) is 8.28. The summed E-state index contributed by atoms with van der Waals surface area (Å²) in [6, 6.07) is 0. The van der Waals surface area contributed by atoms with Gasteiger partial charge in [0.15, 0.2) is 0 Å². The molecule has 19 heavy (non-hydrogen) atoms. The van der Waals surface area contributed by atoms with Gasteiger partial charge >= 0.3 is 115 Å². The molecule has 0 spiro atoms. The Balaban J connectivity index is 0.00000162. The zero-order valence-electron chi connectivity index (χ0n) is 12.2. The summed E-state index contributed by atoms with van der Waals surface area (Å²) >= 11 is -0.0234. The standard InChI is InChI=1S/2C8H11.2ClH.Ti/c2*1-3-8-6-4-5-7(8)2;;;/h2*5H,3-4H2,1-2H3;2*1H;/q;;;;+2/p-2. The van der Waals surface area contributed by atoms with Crippen LogP contribution in [0.25, 0.3) is 0 Å². The van der Waals surface area contributed by atoms with Gasteiger partial charge in [-0.3, -0.25) is 0 Å². The molecule has 0 heterocycles.